The van der Waals surface area contributed by atoms with E-state index < -0.39 is 22.7 Å². The Kier molecular flexibility index (Phi) is 5.03. The zero-order valence-corrected chi connectivity index (χ0v) is 14.4. The highest BCUT2D eigenvalue weighted by molar-refractivity contribution is 6.01. The lowest BCUT2D eigenvalue weighted by Gasteiger charge is -2.22. The van der Waals surface area contributed by atoms with Crippen LogP contribution >= 0.6 is 0 Å². The van der Waals surface area contributed by atoms with E-state index in [1.165, 1.54) is 18.2 Å². The van der Waals surface area contributed by atoms with Gasteiger partial charge in [0.1, 0.15) is 0 Å². The van der Waals surface area contributed by atoms with Crippen LogP contribution in [0.2, 0.25) is 0 Å². The van der Waals surface area contributed by atoms with E-state index in [4.69, 9.17) is 5.11 Å². The number of hydrogen-bond donors (Lipinski definition) is 2. The van der Waals surface area contributed by atoms with Gasteiger partial charge in [0.2, 0.25) is 0 Å². The maximum absolute atomic E-state index is 12.0. The molecule has 0 bridgehead atoms. The number of benzene rings is 3. The second kappa shape index (κ2) is 7.58. The topological polar surface area (TPSA) is 121 Å². The summed E-state index contributed by atoms with van der Waals surface area (Å²) in [6, 6.07) is 18.2. The molecule has 3 rings (SSSR count). The summed E-state index contributed by atoms with van der Waals surface area (Å²) in [5.74, 6) is -1.29. The van der Waals surface area contributed by atoms with Crippen molar-refractivity contribution in [1.29, 1.82) is 0 Å². The number of amides is 1. The summed E-state index contributed by atoms with van der Waals surface area (Å²) >= 11 is 0. The predicted octanol–water partition coefficient (Wildman–Crippen LogP) is 4.78. The Hall–Kier alpha value is -4.20. The van der Waals surface area contributed by atoms with Crippen LogP contribution in [0.5, 0.6) is 0 Å². The van der Waals surface area contributed by atoms with Gasteiger partial charge in [0.15, 0.2) is 0 Å². The number of carbonyl (C=O) groups is 2. The molecular formula is C20H14N2O6. The number of nitro benzene ring substituents is 1. The van der Waals surface area contributed by atoms with Gasteiger partial charge in [0.25, 0.3) is 5.69 Å². The molecule has 0 aliphatic rings. The van der Waals surface area contributed by atoms with Gasteiger partial charge in [0, 0.05) is 11.6 Å². The Bertz CT molecular complexity index is 1070. The van der Waals surface area contributed by atoms with Gasteiger partial charge in [-0.05, 0) is 30.3 Å². The Morgan fingerprint density at radius 3 is 2.11 bits per heavy atom. The van der Waals surface area contributed by atoms with Crippen molar-refractivity contribution in [3.05, 3.63) is 88.5 Å². The number of aromatic carboxylic acids is 1. The van der Waals surface area contributed by atoms with E-state index >= 15 is 0 Å². The highest BCUT2D eigenvalue weighted by Crippen LogP contribution is 2.39. The maximum Gasteiger partial charge on any atom is 0.416 e. The lowest BCUT2D eigenvalue weighted by atomic mass is 9.99. The van der Waals surface area contributed by atoms with Crippen LogP contribution in [0.15, 0.2) is 72.8 Å². The smallest absolute Gasteiger partial charge is 0.416 e. The summed E-state index contributed by atoms with van der Waals surface area (Å²) in [6.45, 7) is 0. The molecule has 140 valence electrons. The van der Waals surface area contributed by atoms with Crippen molar-refractivity contribution in [2.75, 3.05) is 4.90 Å². The fourth-order valence-corrected chi connectivity index (χ4v) is 2.87. The first-order valence-electron chi connectivity index (χ1n) is 8.09. The van der Waals surface area contributed by atoms with Gasteiger partial charge in [-0.2, -0.15) is 0 Å². The molecule has 0 fully saturated rings. The molecule has 3 aromatic rings. The Labute approximate surface area is 159 Å². The summed E-state index contributed by atoms with van der Waals surface area (Å²) in [5, 5.41) is 30.4. The zero-order valence-electron chi connectivity index (χ0n) is 14.4. The van der Waals surface area contributed by atoms with Crippen molar-refractivity contribution in [3.8, 4) is 11.1 Å². The molecule has 0 radical (unpaired) electrons. The molecule has 28 heavy (non-hydrogen) atoms. The molecule has 1 amide bonds. The van der Waals surface area contributed by atoms with E-state index in [0.29, 0.717) is 5.69 Å². The van der Waals surface area contributed by atoms with Crippen molar-refractivity contribution < 1.29 is 24.7 Å². The van der Waals surface area contributed by atoms with Gasteiger partial charge in [-0.25, -0.2) is 14.5 Å². The third kappa shape index (κ3) is 3.51. The van der Waals surface area contributed by atoms with Gasteiger partial charge in [0.05, 0.1) is 27.4 Å². The largest absolute Gasteiger partial charge is 0.478 e. The average molecular weight is 378 g/mol. The van der Waals surface area contributed by atoms with Crippen LogP contribution in [0.3, 0.4) is 0 Å². The number of anilines is 2. The van der Waals surface area contributed by atoms with Crippen molar-refractivity contribution in [2.24, 2.45) is 0 Å². The normalized spacial score (nSPS) is 10.3. The molecule has 2 N–H and O–H groups in total. The first-order chi connectivity index (χ1) is 13.4. The van der Waals surface area contributed by atoms with Crippen LogP contribution in [0.4, 0.5) is 21.9 Å². The minimum Gasteiger partial charge on any atom is -0.478 e. The lowest BCUT2D eigenvalue weighted by molar-refractivity contribution is -0.384. The molecule has 0 atom stereocenters. The molecule has 0 aliphatic heterocycles. The van der Waals surface area contributed by atoms with Crippen LogP contribution in [-0.4, -0.2) is 27.2 Å². The van der Waals surface area contributed by atoms with Gasteiger partial charge >= 0.3 is 12.1 Å². The van der Waals surface area contributed by atoms with Gasteiger partial charge in [-0.1, -0.05) is 36.4 Å². The number of para-hydroxylation sites is 2. The summed E-state index contributed by atoms with van der Waals surface area (Å²) in [5.41, 5.74) is 0.335. The number of hydrogen-bond acceptors (Lipinski definition) is 4. The molecular weight excluding hydrogens is 364 g/mol. The molecule has 8 heteroatoms. The lowest BCUT2D eigenvalue weighted by Crippen LogP contribution is -2.24. The second-order valence-corrected chi connectivity index (χ2v) is 5.76. The minimum atomic E-state index is -1.29. The third-order valence-corrected chi connectivity index (χ3v) is 4.08. The van der Waals surface area contributed by atoms with Crippen molar-refractivity contribution >= 4 is 29.1 Å². The minimum absolute atomic E-state index is 0.118. The second-order valence-electron chi connectivity index (χ2n) is 5.76. The summed E-state index contributed by atoms with van der Waals surface area (Å²) < 4.78 is 0. The zero-order chi connectivity index (χ0) is 20.3. The molecule has 3 aromatic carbocycles. The van der Waals surface area contributed by atoms with Crippen molar-refractivity contribution in [3.63, 3.8) is 0 Å². The van der Waals surface area contributed by atoms with E-state index in [9.17, 15) is 24.8 Å². The Morgan fingerprint density at radius 2 is 1.50 bits per heavy atom. The molecule has 0 unspecified atom stereocenters. The Balaban J connectivity index is 2.25. The fourth-order valence-electron chi connectivity index (χ4n) is 2.87. The van der Waals surface area contributed by atoms with E-state index in [2.05, 4.69) is 0 Å². The van der Waals surface area contributed by atoms with Crippen molar-refractivity contribution in [1.82, 2.24) is 0 Å². The average Bonchev–Trinajstić information content (AvgIpc) is 2.68. The molecule has 0 aromatic heterocycles. The van der Waals surface area contributed by atoms with Crippen LogP contribution in [0, 0.1) is 10.1 Å². The van der Waals surface area contributed by atoms with Crippen LogP contribution in [0.1, 0.15) is 10.4 Å². The molecule has 0 heterocycles. The summed E-state index contributed by atoms with van der Waals surface area (Å²) in [4.78, 5) is 35.0. The number of nitro groups is 1. The van der Waals surface area contributed by atoms with Crippen LogP contribution in [-0.2, 0) is 0 Å². The highest BCUT2D eigenvalue weighted by atomic mass is 16.6. The summed E-state index contributed by atoms with van der Waals surface area (Å²) in [6.07, 6.45) is -1.26. The number of carboxylic acid groups (broad SMARTS) is 2. The standard InChI is InChI=1S/C20H14N2O6/c23-19(24)13-10-11-16(18(12-13)22(27)28)15-8-4-5-9-17(15)21(20(25)26)14-6-2-1-3-7-14/h1-12H,(H,23,24)(H,25,26). The van der Waals surface area contributed by atoms with Gasteiger partial charge < -0.3 is 10.2 Å². The first kappa shape index (κ1) is 18.6. The highest BCUT2D eigenvalue weighted by Gasteiger charge is 2.25. The molecule has 0 aliphatic carbocycles. The van der Waals surface area contributed by atoms with Crippen LogP contribution in [0.25, 0.3) is 11.1 Å². The fraction of sp³-hybridized carbons (Fsp3) is 0. The quantitative estimate of drug-likeness (QED) is 0.487. The molecule has 0 saturated carbocycles. The van der Waals surface area contributed by atoms with E-state index in [-0.39, 0.29) is 22.4 Å². The molecule has 0 spiro atoms. The van der Waals surface area contributed by atoms with E-state index in [1.54, 1.807) is 48.5 Å². The maximum atomic E-state index is 12.0. The van der Waals surface area contributed by atoms with Gasteiger partial charge in [-0.15, -0.1) is 0 Å². The number of carboxylic acids is 1. The monoisotopic (exact) mass is 378 g/mol. The van der Waals surface area contributed by atoms with E-state index in [1.807, 2.05) is 0 Å². The third-order valence-electron chi connectivity index (χ3n) is 4.08. The number of rotatable bonds is 5. The summed E-state index contributed by atoms with van der Waals surface area (Å²) in [7, 11) is 0. The first-order valence-corrected chi connectivity index (χ1v) is 8.09. The van der Waals surface area contributed by atoms with Crippen molar-refractivity contribution in [2.45, 2.75) is 0 Å². The molecule has 8 nitrogen and oxygen atoms in total. The SMILES string of the molecule is O=C(O)c1ccc(-c2ccccc2N(C(=O)O)c2ccccc2)c([N+](=O)[O-])c1. The molecule has 0 saturated heterocycles. The van der Waals surface area contributed by atoms with E-state index in [0.717, 1.165) is 11.0 Å². The van der Waals surface area contributed by atoms with Gasteiger partial charge in [-0.3, -0.25) is 10.1 Å². The van der Waals surface area contributed by atoms with Crippen LogP contribution < -0.4 is 4.90 Å². The number of nitrogens with zero attached hydrogens (tertiary/aromatic N) is 2. The predicted molar refractivity (Wildman–Crippen MR) is 102 cm³/mol. The Morgan fingerprint density at radius 1 is 0.857 bits per heavy atom.